The lowest BCUT2D eigenvalue weighted by molar-refractivity contribution is 0.706. The van der Waals surface area contributed by atoms with Gasteiger partial charge in [-0.3, -0.25) is 4.98 Å². The van der Waals surface area contributed by atoms with Crippen LogP contribution in [0, 0.1) is 0 Å². The van der Waals surface area contributed by atoms with Gasteiger partial charge >= 0.3 is 0 Å². The second kappa shape index (κ2) is 6.40. The fraction of sp³-hybridized carbons (Fsp3) is 0.211. The van der Waals surface area contributed by atoms with Gasteiger partial charge in [-0.15, -0.1) is 0 Å². The van der Waals surface area contributed by atoms with E-state index in [1.165, 1.54) is 22.0 Å². The number of anilines is 1. The van der Waals surface area contributed by atoms with Crippen LogP contribution in [0.5, 0.6) is 0 Å². The number of aromatic nitrogens is 1. The average molecular weight is 276 g/mol. The normalized spacial score (nSPS) is 12.2. The van der Waals surface area contributed by atoms with E-state index in [-0.39, 0.29) is 0 Å². The molecule has 1 aromatic heterocycles. The zero-order chi connectivity index (χ0) is 14.5. The molecule has 0 amide bonds. The van der Waals surface area contributed by atoms with Gasteiger partial charge in [-0.25, -0.2) is 0 Å². The summed E-state index contributed by atoms with van der Waals surface area (Å²) in [5.41, 5.74) is 2.59. The fourth-order valence-electron chi connectivity index (χ4n) is 2.65. The van der Waals surface area contributed by atoms with Crippen LogP contribution in [0.2, 0.25) is 0 Å². The smallest absolute Gasteiger partial charge is 0.0420 e. The third-order valence-corrected chi connectivity index (χ3v) is 3.94. The molecule has 1 unspecified atom stereocenters. The van der Waals surface area contributed by atoms with Crippen molar-refractivity contribution in [1.29, 1.82) is 0 Å². The van der Waals surface area contributed by atoms with E-state index >= 15 is 0 Å². The molecule has 3 aromatic rings. The first-order chi connectivity index (χ1) is 10.3. The molecule has 0 saturated carbocycles. The summed E-state index contributed by atoms with van der Waals surface area (Å²) in [7, 11) is 0. The molecule has 0 spiro atoms. The Morgan fingerprint density at radius 3 is 2.71 bits per heavy atom. The van der Waals surface area contributed by atoms with E-state index in [9.17, 15) is 0 Å². The number of benzene rings is 2. The van der Waals surface area contributed by atoms with Crippen LogP contribution in [0.3, 0.4) is 0 Å². The first-order valence-corrected chi connectivity index (χ1v) is 7.46. The van der Waals surface area contributed by atoms with Crippen LogP contribution in [0.1, 0.15) is 24.8 Å². The number of pyridine rings is 1. The minimum atomic E-state index is 0.565. The minimum absolute atomic E-state index is 0.565. The Bertz CT molecular complexity index is 702. The van der Waals surface area contributed by atoms with Crippen molar-refractivity contribution in [2.24, 2.45) is 0 Å². The molecule has 0 aliphatic heterocycles. The lowest BCUT2D eigenvalue weighted by atomic mass is 9.98. The molecule has 1 heterocycles. The van der Waals surface area contributed by atoms with Crippen molar-refractivity contribution >= 4 is 16.5 Å². The van der Waals surface area contributed by atoms with Gasteiger partial charge in [-0.2, -0.15) is 0 Å². The third-order valence-electron chi connectivity index (χ3n) is 3.94. The van der Waals surface area contributed by atoms with E-state index in [4.69, 9.17) is 0 Å². The SMILES string of the molecule is CC(CCNc1cccc2cnccc12)c1ccccc1. The lowest BCUT2D eigenvalue weighted by Gasteiger charge is -2.14. The van der Waals surface area contributed by atoms with Crippen molar-refractivity contribution in [3.63, 3.8) is 0 Å². The molecular weight excluding hydrogens is 256 g/mol. The van der Waals surface area contributed by atoms with Gasteiger partial charge in [0.25, 0.3) is 0 Å². The molecule has 2 aromatic carbocycles. The lowest BCUT2D eigenvalue weighted by Crippen LogP contribution is -2.06. The van der Waals surface area contributed by atoms with Crippen LogP contribution in [0.15, 0.2) is 67.0 Å². The van der Waals surface area contributed by atoms with Crippen molar-refractivity contribution in [2.45, 2.75) is 19.3 Å². The monoisotopic (exact) mass is 276 g/mol. The summed E-state index contributed by atoms with van der Waals surface area (Å²) in [5, 5.41) is 5.98. The molecule has 0 fully saturated rings. The fourth-order valence-corrected chi connectivity index (χ4v) is 2.65. The minimum Gasteiger partial charge on any atom is -0.385 e. The maximum atomic E-state index is 4.17. The van der Waals surface area contributed by atoms with Crippen LogP contribution in [-0.2, 0) is 0 Å². The first-order valence-electron chi connectivity index (χ1n) is 7.46. The molecule has 21 heavy (non-hydrogen) atoms. The molecule has 1 N–H and O–H groups in total. The van der Waals surface area contributed by atoms with E-state index < -0.39 is 0 Å². The van der Waals surface area contributed by atoms with Crippen LogP contribution < -0.4 is 5.32 Å². The van der Waals surface area contributed by atoms with Crippen molar-refractivity contribution in [3.8, 4) is 0 Å². The first kappa shape index (κ1) is 13.6. The number of fused-ring (bicyclic) bond motifs is 1. The molecule has 0 aliphatic carbocycles. The highest BCUT2D eigenvalue weighted by atomic mass is 14.9. The maximum Gasteiger partial charge on any atom is 0.0420 e. The van der Waals surface area contributed by atoms with E-state index in [0.29, 0.717) is 5.92 Å². The summed E-state index contributed by atoms with van der Waals surface area (Å²) in [5.74, 6) is 0.565. The number of rotatable bonds is 5. The summed E-state index contributed by atoms with van der Waals surface area (Å²) < 4.78 is 0. The van der Waals surface area contributed by atoms with E-state index in [1.54, 1.807) is 0 Å². The van der Waals surface area contributed by atoms with Crippen molar-refractivity contribution in [1.82, 2.24) is 4.98 Å². The largest absolute Gasteiger partial charge is 0.385 e. The molecule has 2 nitrogen and oxygen atoms in total. The van der Waals surface area contributed by atoms with Gasteiger partial charge in [-0.05, 0) is 30.0 Å². The molecule has 106 valence electrons. The van der Waals surface area contributed by atoms with E-state index in [1.807, 2.05) is 12.4 Å². The van der Waals surface area contributed by atoms with E-state index in [2.05, 4.69) is 71.8 Å². The van der Waals surface area contributed by atoms with Gasteiger partial charge < -0.3 is 5.32 Å². The Morgan fingerprint density at radius 1 is 1.00 bits per heavy atom. The van der Waals surface area contributed by atoms with Crippen LogP contribution in [0.4, 0.5) is 5.69 Å². The maximum absolute atomic E-state index is 4.17. The van der Waals surface area contributed by atoms with Gasteiger partial charge in [0.15, 0.2) is 0 Å². The Labute approximate surface area is 125 Å². The Kier molecular flexibility index (Phi) is 4.15. The van der Waals surface area contributed by atoms with Crippen molar-refractivity contribution in [2.75, 3.05) is 11.9 Å². The standard InChI is InChI=1S/C19H20N2/c1-15(16-6-3-2-4-7-16)10-13-21-19-9-5-8-17-14-20-12-11-18(17)19/h2-9,11-12,14-15,21H,10,13H2,1H3. The predicted molar refractivity (Wildman–Crippen MR) is 89.7 cm³/mol. The molecular formula is C19H20N2. The summed E-state index contributed by atoms with van der Waals surface area (Å²) in [6, 6.07) is 19.1. The van der Waals surface area contributed by atoms with Gasteiger partial charge in [0.05, 0.1) is 0 Å². The highest BCUT2D eigenvalue weighted by molar-refractivity contribution is 5.93. The number of hydrogen-bond acceptors (Lipinski definition) is 2. The number of nitrogens with one attached hydrogen (secondary N) is 1. The second-order valence-electron chi connectivity index (χ2n) is 5.43. The summed E-state index contributed by atoms with van der Waals surface area (Å²) in [6.45, 7) is 3.25. The van der Waals surface area contributed by atoms with Crippen molar-refractivity contribution < 1.29 is 0 Å². The molecule has 0 saturated heterocycles. The summed E-state index contributed by atoms with van der Waals surface area (Å²) in [6.07, 6.45) is 4.87. The van der Waals surface area contributed by atoms with E-state index in [0.717, 1.165) is 13.0 Å². The van der Waals surface area contributed by atoms with Gasteiger partial charge in [-0.1, -0.05) is 49.4 Å². The molecule has 0 aliphatic rings. The molecule has 0 radical (unpaired) electrons. The van der Waals surface area contributed by atoms with Gasteiger partial charge in [0.2, 0.25) is 0 Å². The summed E-state index contributed by atoms with van der Waals surface area (Å²) in [4.78, 5) is 4.17. The quantitative estimate of drug-likeness (QED) is 0.721. The highest BCUT2D eigenvalue weighted by Gasteiger charge is 2.05. The van der Waals surface area contributed by atoms with Gasteiger partial charge in [0.1, 0.15) is 0 Å². The zero-order valence-corrected chi connectivity index (χ0v) is 12.3. The third kappa shape index (κ3) is 3.22. The van der Waals surface area contributed by atoms with Crippen LogP contribution >= 0.6 is 0 Å². The van der Waals surface area contributed by atoms with Crippen molar-refractivity contribution in [3.05, 3.63) is 72.6 Å². The zero-order valence-electron chi connectivity index (χ0n) is 12.3. The Morgan fingerprint density at radius 2 is 1.86 bits per heavy atom. The second-order valence-corrected chi connectivity index (χ2v) is 5.43. The van der Waals surface area contributed by atoms with Crippen LogP contribution in [0.25, 0.3) is 10.8 Å². The molecule has 0 bridgehead atoms. The topological polar surface area (TPSA) is 24.9 Å². The number of hydrogen-bond donors (Lipinski definition) is 1. The number of nitrogens with zero attached hydrogens (tertiary/aromatic N) is 1. The van der Waals surface area contributed by atoms with Gasteiger partial charge in [0, 0.05) is 35.4 Å². The highest BCUT2D eigenvalue weighted by Crippen LogP contribution is 2.23. The predicted octanol–water partition coefficient (Wildman–Crippen LogP) is 4.84. The van der Waals surface area contributed by atoms with Crippen LogP contribution in [-0.4, -0.2) is 11.5 Å². The molecule has 1 atom stereocenters. The average Bonchev–Trinajstić information content (AvgIpc) is 2.56. The molecule has 3 rings (SSSR count). The summed E-state index contributed by atoms with van der Waals surface area (Å²) >= 11 is 0. The Balaban J connectivity index is 1.65. The molecule has 2 heteroatoms. The Hall–Kier alpha value is -2.35.